The summed E-state index contributed by atoms with van der Waals surface area (Å²) in [6, 6.07) is 0.835. The molecule has 7 heteroatoms. The summed E-state index contributed by atoms with van der Waals surface area (Å²) in [6.07, 6.45) is 10.9. The van der Waals surface area contributed by atoms with Crippen LogP contribution in [-0.4, -0.2) is 29.9 Å². The first-order valence-electron chi connectivity index (χ1n) is 8.99. The maximum atomic E-state index is 11.9. The summed E-state index contributed by atoms with van der Waals surface area (Å²) >= 11 is 0. The maximum Gasteiger partial charge on any atom is 0.345 e. The fourth-order valence-corrected chi connectivity index (χ4v) is 4.33. The van der Waals surface area contributed by atoms with Crippen LogP contribution in [0.1, 0.15) is 49.8 Å². The van der Waals surface area contributed by atoms with Crippen molar-refractivity contribution in [3.05, 3.63) is 34.5 Å². The van der Waals surface area contributed by atoms with Crippen molar-refractivity contribution in [3.8, 4) is 0 Å². The highest BCUT2D eigenvalue weighted by Gasteiger charge is 2.32. The zero-order valence-electron chi connectivity index (χ0n) is 14.5. The summed E-state index contributed by atoms with van der Waals surface area (Å²) in [4.78, 5) is 16.5. The highest BCUT2D eigenvalue weighted by atomic mass is 16.2. The van der Waals surface area contributed by atoms with Gasteiger partial charge in [0.05, 0.1) is 6.04 Å². The maximum absolute atomic E-state index is 11.9. The predicted molar refractivity (Wildman–Crippen MR) is 90.6 cm³/mol. The Morgan fingerprint density at radius 1 is 1.25 bits per heavy atom. The van der Waals surface area contributed by atoms with Gasteiger partial charge in [-0.2, -0.15) is 5.10 Å². The molecule has 0 radical (unpaired) electrons. The average molecular weight is 330 g/mol. The third kappa shape index (κ3) is 2.70. The van der Waals surface area contributed by atoms with Crippen LogP contribution in [0.2, 0.25) is 0 Å². The van der Waals surface area contributed by atoms with Crippen molar-refractivity contribution in [2.75, 3.05) is 0 Å². The Kier molecular flexibility index (Phi) is 4.04. The molecule has 1 N–H and O–H groups in total. The smallest absolute Gasteiger partial charge is 0.334 e. The summed E-state index contributed by atoms with van der Waals surface area (Å²) < 4.78 is 5.38. The zero-order valence-corrected chi connectivity index (χ0v) is 14.5. The molecule has 2 aliphatic rings. The molecule has 24 heavy (non-hydrogen) atoms. The normalized spacial score (nSPS) is 26.7. The minimum absolute atomic E-state index is 0.0388. The lowest BCUT2D eigenvalue weighted by Gasteiger charge is -2.34. The van der Waals surface area contributed by atoms with E-state index in [0.29, 0.717) is 18.0 Å². The van der Waals surface area contributed by atoms with Crippen molar-refractivity contribution < 1.29 is 0 Å². The average Bonchev–Trinajstić information content (AvgIpc) is 3.24. The highest BCUT2D eigenvalue weighted by Crippen LogP contribution is 2.31. The Morgan fingerprint density at radius 2 is 2.08 bits per heavy atom. The molecule has 0 saturated heterocycles. The first kappa shape index (κ1) is 15.6. The van der Waals surface area contributed by atoms with Gasteiger partial charge in [-0.05, 0) is 25.2 Å². The van der Waals surface area contributed by atoms with E-state index in [2.05, 4.69) is 26.2 Å². The lowest BCUT2D eigenvalue weighted by molar-refractivity contribution is 0.235. The van der Waals surface area contributed by atoms with E-state index in [9.17, 15) is 4.79 Å². The van der Waals surface area contributed by atoms with Crippen LogP contribution in [0.5, 0.6) is 0 Å². The molecule has 3 atom stereocenters. The third-order valence-electron chi connectivity index (χ3n) is 5.70. The van der Waals surface area contributed by atoms with Gasteiger partial charge in [-0.25, -0.2) is 14.5 Å². The van der Waals surface area contributed by atoms with E-state index in [1.807, 2.05) is 13.2 Å². The van der Waals surface area contributed by atoms with Crippen molar-refractivity contribution in [3.63, 3.8) is 0 Å². The highest BCUT2D eigenvalue weighted by molar-refractivity contribution is 5.06. The lowest BCUT2D eigenvalue weighted by atomic mass is 9.81. The van der Waals surface area contributed by atoms with Crippen molar-refractivity contribution in [1.82, 2.24) is 29.2 Å². The van der Waals surface area contributed by atoms with Crippen LogP contribution in [-0.2, 0) is 27.1 Å². The third-order valence-corrected chi connectivity index (χ3v) is 5.70. The number of hydrogen-bond acceptors (Lipinski definition) is 4. The number of aromatic nitrogens is 5. The van der Waals surface area contributed by atoms with E-state index >= 15 is 0 Å². The molecule has 1 unspecified atom stereocenters. The van der Waals surface area contributed by atoms with Gasteiger partial charge in [-0.15, -0.1) is 0 Å². The Hall–Kier alpha value is -1.89. The van der Waals surface area contributed by atoms with Crippen LogP contribution < -0.4 is 11.0 Å². The summed E-state index contributed by atoms with van der Waals surface area (Å²) in [5.74, 6) is 2.60. The van der Waals surface area contributed by atoms with Crippen molar-refractivity contribution >= 4 is 0 Å². The monoisotopic (exact) mass is 330 g/mol. The molecule has 0 bridgehead atoms. The number of imidazole rings is 1. The standard InChI is InChI=1S/C17H26N6O/c1-21-15(20-22(2)17(21)24)11-12-5-3-4-6-13(12)19-14-7-9-23-10-8-18-16(14)23/h8,10,12-14,19H,3-7,9,11H2,1-2H3/t12-,13-,14?/m1/s1. The van der Waals surface area contributed by atoms with E-state index in [0.717, 1.165) is 25.2 Å². The molecule has 0 spiro atoms. The topological polar surface area (TPSA) is 69.7 Å². The Morgan fingerprint density at radius 3 is 2.88 bits per heavy atom. The fraction of sp³-hybridized carbons (Fsp3) is 0.706. The van der Waals surface area contributed by atoms with Crippen LogP contribution in [0.15, 0.2) is 17.2 Å². The number of fused-ring (bicyclic) bond motifs is 1. The summed E-state index contributed by atoms with van der Waals surface area (Å²) in [5.41, 5.74) is -0.0388. The first-order chi connectivity index (χ1) is 11.6. The number of aryl methyl sites for hydroxylation is 2. The Bertz CT molecular complexity index is 772. The zero-order chi connectivity index (χ0) is 16.7. The first-order valence-corrected chi connectivity index (χ1v) is 8.99. The summed E-state index contributed by atoms with van der Waals surface area (Å²) in [6.45, 7) is 1.05. The van der Waals surface area contributed by atoms with E-state index in [1.54, 1.807) is 11.6 Å². The second kappa shape index (κ2) is 6.20. The summed E-state index contributed by atoms with van der Waals surface area (Å²) in [5, 5.41) is 8.29. The van der Waals surface area contributed by atoms with Crippen molar-refractivity contribution in [2.45, 2.75) is 57.2 Å². The van der Waals surface area contributed by atoms with Gasteiger partial charge in [-0.1, -0.05) is 12.8 Å². The number of rotatable bonds is 4. The fourth-order valence-electron chi connectivity index (χ4n) is 4.33. The number of nitrogens with one attached hydrogen (secondary N) is 1. The van der Waals surface area contributed by atoms with Crippen molar-refractivity contribution in [2.24, 2.45) is 20.0 Å². The second-order valence-corrected chi connectivity index (χ2v) is 7.22. The van der Waals surface area contributed by atoms with Crippen LogP contribution in [0.25, 0.3) is 0 Å². The molecule has 0 amide bonds. The predicted octanol–water partition coefficient (Wildman–Crippen LogP) is 1.15. The molecule has 130 valence electrons. The molecular weight excluding hydrogens is 304 g/mol. The van der Waals surface area contributed by atoms with Gasteiger partial charge >= 0.3 is 5.69 Å². The van der Waals surface area contributed by atoms with E-state index in [1.165, 1.54) is 36.2 Å². The lowest BCUT2D eigenvalue weighted by Crippen LogP contribution is -2.41. The van der Waals surface area contributed by atoms with Crippen LogP contribution in [0.3, 0.4) is 0 Å². The van der Waals surface area contributed by atoms with Crippen LogP contribution in [0, 0.1) is 5.92 Å². The quantitative estimate of drug-likeness (QED) is 0.913. The van der Waals surface area contributed by atoms with Gasteiger partial charge in [0.25, 0.3) is 0 Å². The molecule has 1 fully saturated rings. The number of nitrogens with zero attached hydrogens (tertiary/aromatic N) is 5. The molecule has 4 rings (SSSR count). The molecule has 1 aliphatic carbocycles. The van der Waals surface area contributed by atoms with Gasteiger partial charge in [0.2, 0.25) is 0 Å². The van der Waals surface area contributed by atoms with Gasteiger partial charge in [0.15, 0.2) is 0 Å². The van der Waals surface area contributed by atoms with Gasteiger partial charge in [-0.3, -0.25) is 4.57 Å². The van der Waals surface area contributed by atoms with Crippen molar-refractivity contribution in [1.29, 1.82) is 0 Å². The van der Waals surface area contributed by atoms with Crippen LogP contribution in [0.4, 0.5) is 0 Å². The summed E-state index contributed by atoms with van der Waals surface area (Å²) in [7, 11) is 3.55. The molecule has 7 nitrogen and oxygen atoms in total. The molecule has 1 saturated carbocycles. The van der Waals surface area contributed by atoms with Gasteiger partial charge in [0, 0.05) is 45.5 Å². The van der Waals surface area contributed by atoms with E-state index < -0.39 is 0 Å². The second-order valence-electron chi connectivity index (χ2n) is 7.22. The number of hydrogen-bond donors (Lipinski definition) is 1. The SMILES string of the molecule is Cn1nc(C[C@H]2CCCC[C@H]2NC2CCn3ccnc32)n(C)c1=O. The van der Waals surface area contributed by atoms with Gasteiger partial charge < -0.3 is 9.88 Å². The van der Waals surface area contributed by atoms with E-state index in [4.69, 9.17) is 0 Å². The molecule has 3 heterocycles. The van der Waals surface area contributed by atoms with Crippen LogP contribution >= 0.6 is 0 Å². The van der Waals surface area contributed by atoms with E-state index in [-0.39, 0.29) is 5.69 Å². The Labute approximate surface area is 141 Å². The molecule has 1 aliphatic heterocycles. The molecular formula is C17H26N6O. The largest absolute Gasteiger partial charge is 0.345 e. The molecule has 2 aromatic heterocycles. The Balaban J connectivity index is 1.49. The minimum atomic E-state index is -0.0388. The minimum Gasteiger partial charge on any atom is -0.334 e. The van der Waals surface area contributed by atoms with Gasteiger partial charge in [0.1, 0.15) is 11.6 Å². The molecule has 2 aromatic rings. The molecule has 0 aromatic carbocycles.